The molecule has 1 spiro atoms. The van der Waals surface area contributed by atoms with Crippen LogP contribution in [-0.4, -0.2) is 53.9 Å². The molecule has 0 radical (unpaired) electrons. The first kappa shape index (κ1) is 18.8. The molecule has 1 saturated heterocycles. The van der Waals surface area contributed by atoms with Crippen LogP contribution in [0.1, 0.15) is 21.8 Å². The molecule has 1 saturated carbocycles. The maximum atomic E-state index is 14.3. The predicted octanol–water partition coefficient (Wildman–Crippen LogP) is 2.18. The third-order valence-electron chi connectivity index (χ3n) is 6.17. The lowest BCUT2D eigenvalue weighted by atomic mass is 9.95. The molecule has 7 heteroatoms. The molecular formula is C21H21F2NO4. The maximum absolute atomic E-state index is 14.3. The number of carbonyl (C=O) groups excluding carboxylic acids is 1. The van der Waals surface area contributed by atoms with E-state index in [1.165, 1.54) is 18.1 Å². The first-order chi connectivity index (χ1) is 13.5. The molecule has 2 N–H and O–H groups in total. The van der Waals surface area contributed by atoms with Crippen molar-refractivity contribution in [3.8, 4) is 5.75 Å². The van der Waals surface area contributed by atoms with Crippen LogP contribution in [0.3, 0.4) is 0 Å². The zero-order chi connectivity index (χ0) is 20.1. The first-order valence-corrected chi connectivity index (χ1v) is 9.10. The average Bonchev–Trinajstić information content (AvgIpc) is 3.24. The van der Waals surface area contributed by atoms with Gasteiger partial charge in [-0.3, -0.25) is 4.79 Å². The van der Waals surface area contributed by atoms with Crippen LogP contribution < -0.4 is 4.74 Å². The molecule has 2 aromatic carbocycles. The number of ether oxygens (including phenoxy) is 1. The number of hydrogen-bond acceptors (Lipinski definition) is 4. The van der Waals surface area contributed by atoms with Crippen molar-refractivity contribution < 1.29 is 28.5 Å². The van der Waals surface area contributed by atoms with Gasteiger partial charge in [-0.2, -0.15) is 0 Å². The van der Waals surface area contributed by atoms with Crippen molar-refractivity contribution in [1.29, 1.82) is 0 Å². The molecule has 1 amide bonds. The van der Waals surface area contributed by atoms with E-state index in [1.54, 1.807) is 0 Å². The standard InChI is InChI=1S/C21H21F2NO4/c1-28-15-8-7-14(22)19(23)17(15)20(27)24-9-16(26)21(11-24)13(10-25)18(21)12-5-3-2-4-6-12/h2-8,13,16,18,25-26H,9-11H2,1H3/t13-,16+,18-,21-/m1/s1. The Morgan fingerprint density at radius 3 is 2.61 bits per heavy atom. The molecule has 0 unspecified atom stereocenters. The van der Waals surface area contributed by atoms with Crippen molar-refractivity contribution in [1.82, 2.24) is 4.90 Å². The Bertz CT molecular complexity index is 907. The van der Waals surface area contributed by atoms with E-state index in [1.807, 2.05) is 30.3 Å². The van der Waals surface area contributed by atoms with Crippen LogP contribution in [0.4, 0.5) is 8.78 Å². The number of amides is 1. The van der Waals surface area contributed by atoms with Gasteiger partial charge in [-0.05, 0) is 29.5 Å². The highest BCUT2D eigenvalue weighted by atomic mass is 19.2. The van der Waals surface area contributed by atoms with E-state index in [9.17, 15) is 23.8 Å². The number of rotatable bonds is 4. The average molecular weight is 389 g/mol. The molecular weight excluding hydrogens is 368 g/mol. The van der Waals surface area contributed by atoms with Gasteiger partial charge in [0.15, 0.2) is 11.6 Å². The largest absolute Gasteiger partial charge is 0.496 e. The highest BCUT2D eigenvalue weighted by molar-refractivity contribution is 5.97. The Kier molecular flexibility index (Phi) is 4.59. The van der Waals surface area contributed by atoms with Crippen molar-refractivity contribution in [3.05, 3.63) is 65.2 Å². The molecule has 2 aliphatic rings. The lowest BCUT2D eigenvalue weighted by molar-refractivity contribution is 0.0754. The number of methoxy groups -OCH3 is 1. The van der Waals surface area contributed by atoms with Gasteiger partial charge in [0, 0.05) is 25.1 Å². The number of aliphatic hydroxyl groups excluding tert-OH is 2. The molecule has 5 nitrogen and oxygen atoms in total. The number of nitrogens with zero attached hydrogens (tertiary/aromatic N) is 1. The van der Waals surface area contributed by atoms with Gasteiger partial charge >= 0.3 is 0 Å². The number of β-amino-alcohol motifs (C(OH)–C–C–N with tert-alkyl or cyclic N) is 1. The van der Waals surface area contributed by atoms with Gasteiger partial charge in [0.25, 0.3) is 5.91 Å². The summed E-state index contributed by atoms with van der Waals surface area (Å²) in [6.07, 6.45) is -0.874. The van der Waals surface area contributed by atoms with Crippen LogP contribution in [0.25, 0.3) is 0 Å². The fraction of sp³-hybridized carbons (Fsp3) is 0.381. The van der Waals surface area contributed by atoms with Crippen LogP contribution in [-0.2, 0) is 0 Å². The van der Waals surface area contributed by atoms with E-state index in [0.717, 1.165) is 11.6 Å². The van der Waals surface area contributed by atoms with E-state index in [4.69, 9.17) is 4.74 Å². The first-order valence-electron chi connectivity index (χ1n) is 9.10. The summed E-state index contributed by atoms with van der Waals surface area (Å²) in [6, 6.07) is 11.6. The van der Waals surface area contributed by atoms with Crippen LogP contribution in [0.2, 0.25) is 0 Å². The number of aliphatic hydroxyl groups is 2. The molecule has 0 aromatic heterocycles. The predicted molar refractivity (Wildman–Crippen MR) is 97.0 cm³/mol. The Labute approximate surface area is 161 Å². The van der Waals surface area contributed by atoms with Crippen molar-refractivity contribution in [3.63, 3.8) is 0 Å². The van der Waals surface area contributed by atoms with Crippen LogP contribution >= 0.6 is 0 Å². The number of halogens is 2. The number of carbonyl (C=O) groups is 1. The molecule has 148 valence electrons. The topological polar surface area (TPSA) is 70.0 Å². The van der Waals surface area contributed by atoms with Gasteiger partial charge in [-0.15, -0.1) is 0 Å². The Morgan fingerprint density at radius 1 is 1.25 bits per heavy atom. The number of hydrogen-bond donors (Lipinski definition) is 2. The van der Waals surface area contributed by atoms with Crippen LogP contribution in [0.15, 0.2) is 42.5 Å². The van der Waals surface area contributed by atoms with Crippen molar-refractivity contribution >= 4 is 5.91 Å². The summed E-state index contributed by atoms with van der Waals surface area (Å²) in [5, 5.41) is 20.6. The van der Waals surface area contributed by atoms with E-state index < -0.39 is 34.6 Å². The molecule has 1 heterocycles. The van der Waals surface area contributed by atoms with Crippen molar-refractivity contribution in [2.45, 2.75) is 12.0 Å². The van der Waals surface area contributed by atoms with Gasteiger partial charge in [0.1, 0.15) is 11.3 Å². The minimum Gasteiger partial charge on any atom is -0.496 e. The second-order valence-electron chi connectivity index (χ2n) is 7.43. The monoisotopic (exact) mass is 389 g/mol. The minimum atomic E-state index is -1.27. The SMILES string of the molecule is COc1ccc(F)c(F)c1C(=O)N1C[C@H](O)[C@@]2(C1)[C@H](CO)[C@H]2c1ccccc1. The van der Waals surface area contributed by atoms with E-state index in [2.05, 4.69) is 0 Å². The third kappa shape index (κ3) is 2.61. The van der Waals surface area contributed by atoms with E-state index >= 15 is 0 Å². The lowest BCUT2D eigenvalue weighted by Gasteiger charge is -2.19. The Balaban J connectivity index is 1.65. The summed E-state index contributed by atoms with van der Waals surface area (Å²) in [7, 11) is 1.28. The highest BCUT2D eigenvalue weighted by Gasteiger charge is 2.71. The zero-order valence-corrected chi connectivity index (χ0v) is 15.3. The van der Waals surface area contributed by atoms with Gasteiger partial charge in [0.05, 0.1) is 13.2 Å². The summed E-state index contributed by atoms with van der Waals surface area (Å²) < 4.78 is 33.1. The van der Waals surface area contributed by atoms with Gasteiger partial charge in [-0.1, -0.05) is 30.3 Å². The van der Waals surface area contributed by atoms with Gasteiger partial charge < -0.3 is 19.8 Å². The van der Waals surface area contributed by atoms with Crippen LogP contribution in [0.5, 0.6) is 5.75 Å². The van der Waals surface area contributed by atoms with Crippen molar-refractivity contribution in [2.24, 2.45) is 11.3 Å². The Hall–Kier alpha value is -2.51. The van der Waals surface area contributed by atoms with Gasteiger partial charge in [-0.25, -0.2) is 8.78 Å². The summed E-state index contributed by atoms with van der Waals surface area (Å²) in [5.41, 5.74) is -0.198. The second-order valence-corrected chi connectivity index (χ2v) is 7.43. The highest BCUT2D eigenvalue weighted by Crippen LogP contribution is 2.68. The van der Waals surface area contributed by atoms with Crippen LogP contribution in [0, 0.1) is 23.0 Å². The molecule has 4 rings (SSSR count). The molecule has 2 fully saturated rings. The lowest BCUT2D eigenvalue weighted by Crippen LogP contribution is -2.31. The van der Waals surface area contributed by atoms with E-state index in [0.29, 0.717) is 0 Å². The van der Waals surface area contributed by atoms with Gasteiger partial charge in [0.2, 0.25) is 0 Å². The zero-order valence-electron chi connectivity index (χ0n) is 15.3. The normalized spacial score (nSPS) is 28.6. The smallest absolute Gasteiger partial charge is 0.260 e. The molecule has 1 aliphatic carbocycles. The van der Waals surface area contributed by atoms with Crippen molar-refractivity contribution in [2.75, 3.05) is 26.8 Å². The molecule has 0 bridgehead atoms. The minimum absolute atomic E-state index is 0.0161. The second kappa shape index (κ2) is 6.83. The molecule has 2 aromatic rings. The molecule has 28 heavy (non-hydrogen) atoms. The summed E-state index contributed by atoms with van der Waals surface area (Å²) in [6.45, 7) is 0.00493. The quantitative estimate of drug-likeness (QED) is 0.841. The fourth-order valence-corrected chi connectivity index (χ4v) is 4.78. The van der Waals surface area contributed by atoms with E-state index in [-0.39, 0.29) is 37.3 Å². The number of benzene rings is 2. The summed E-state index contributed by atoms with van der Waals surface area (Å²) in [5.74, 6) is -3.52. The molecule has 1 aliphatic heterocycles. The Morgan fingerprint density at radius 2 is 1.96 bits per heavy atom. The fourth-order valence-electron chi connectivity index (χ4n) is 4.78. The summed E-state index contributed by atoms with van der Waals surface area (Å²) in [4.78, 5) is 14.3. The molecule has 4 atom stereocenters. The third-order valence-corrected chi connectivity index (χ3v) is 6.17. The number of likely N-dealkylation sites (tertiary alicyclic amines) is 1. The maximum Gasteiger partial charge on any atom is 0.260 e. The summed E-state index contributed by atoms with van der Waals surface area (Å²) >= 11 is 0.